The van der Waals surface area contributed by atoms with E-state index >= 15 is 0 Å². The average Bonchev–Trinajstić information content (AvgIpc) is 2.27. The summed E-state index contributed by atoms with van der Waals surface area (Å²) in [7, 11) is 0. The first-order valence-electron chi connectivity index (χ1n) is 5.46. The average molecular weight is 331 g/mol. The molecule has 0 bridgehead atoms. The van der Waals surface area contributed by atoms with E-state index in [9.17, 15) is 4.79 Å². The summed E-state index contributed by atoms with van der Waals surface area (Å²) in [6, 6.07) is 7.15. The van der Waals surface area contributed by atoms with Gasteiger partial charge >= 0.3 is 5.97 Å². The minimum Gasteiger partial charge on any atom is -0.489 e. The van der Waals surface area contributed by atoms with Gasteiger partial charge in [-0.15, -0.1) is 24.8 Å². The van der Waals surface area contributed by atoms with Crippen molar-refractivity contribution < 1.29 is 14.6 Å². The lowest BCUT2D eigenvalue weighted by molar-refractivity contribution is -0.136. The zero-order valence-corrected chi connectivity index (χ0v) is 12.9. The molecule has 110 valence electrons. The van der Waals surface area contributed by atoms with Crippen molar-refractivity contribution >= 4 is 42.4 Å². The van der Waals surface area contributed by atoms with Crippen LogP contribution in [0.4, 0.5) is 0 Å². The van der Waals surface area contributed by atoms with Gasteiger partial charge in [-0.3, -0.25) is 4.79 Å². The van der Waals surface area contributed by atoms with Gasteiger partial charge in [-0.05, 0) is 24.6 Å². The van der Waals surface area contributed by atoms with E-state index in [2.05, 4.69) is 5.32 Å². The number of carbonyl (C=O) groups is 1. The highest BCUT2D eigenvalue weighted by atomic mass is 35.5. The predicted molar refractivity (Wildman–Crippen MR) is 81.2 cm³/mol. The molecule has 0 aliphatic heterocycles. The maximum atomic E-state index is 10.4. The van der Waals surface area contributed by atoms with Crippen LogP contribution in [0.2, 0.25) is 5.02 Å². The summed E-state index contributed by atoms with van der Waals surface area (Å²) in [5.74, 6) is -0.177. The van der Waals surface area contributed by atoms with Gasteiger partial charge in [0.2, 0.25) is 0 Å². The predicted octanol–water partition coefficient (Wildman–Crippen LogP) is 3.02. The summed E-state index contributed by atoms with van der Waals surface area (Å²) in [5.41, 5.74) is 0. The molecule has 0 aromatic heterocycles. The minimum absolute atomic E-state index is 0. The van der Waals surface area contributed by atoms with Gasteiger partial charge in [0.05, 0.1) is 6.54 Å². The Hall–Kier alpha value is -0.680. The van der Waals surface area contributed by atoms with Crippen LogP contribution in [0, 0.1) is 0 Å². The Bertz CT molecular complexity index is 377. The van der Waals surface area contributed by atoms with Crippen LogP contribution in [0.3, 0.4) is 0 Å². The third-order valence-electron chi connectivity index (χ3n) is 2.20. The Morgan fingerprint density at radius 1 is 1.47 bits per heavy atom. The molecule has 0 saturated carbocycles. The molecule has 1 rings (SSSR count). The van der Waals surface area contributed by atoms with E-state index in [4.69, 9.17) is 21.4 Å². The number of halogens is 3. The minimum atomic E-state index is -0.873. The summed E-state index contributed by atoms with van der Waals surface area (Å²) >= 11 is 5.84. The van der Waals surface area contributed by atoms with Crippen LogP contribution < -0.4 is 10.1 Å². The molecule has 19 heavy (non-hydrogen) atoms. The molecule has 1 aromatic rings. The topological polar surface area (TPSA) is 58.6 Å². The fourth-order valence-corrected chi connectivity index (χ4v) is 1.52. The zero-order chi connectivity index (χ0) is 12.7. The molecule has 0 spiro atoms. The van der Waals surface area contributed by atoms with Crippen molar-refractivity contribution in [1.29, 1.82) is 0 Å². The Labute approximate surface area is 130 Å². The Balaban J connectivity index is 0. The van der Waals surface area contributed by atoms with E-state index in [1.165, 1.54) is 0 Å². The van der Waals surface area contributed by atoms with Gasteiger partial charge in [0.1, 0.15) is 11.9 Å². The molecule has 1 unspecified atom stereocenters. The number of nitrogens with one attached hydrogen (secondary N) is 1. The van der Waals surface area contributed by atoms with E-state index < -0.39 is 5.97 Å². The van der Waals surface area contributed by atoms with Crippen molar-refractivity contribution in [1.82, 2.24) is 5.32 Å². The number of aliphatic carboxylic acids is 1. The fraction of sp³-hybridized carbons (Fsp3) is 0.417. The molecule has 1 atom stereocenters. The van der Waals surface area contributed by atoms with E-state index in [0.717, 1.165) is 6.42 Å². The van der Waals surface area contributed by atoms with Gasteiger partial charge in [0, 0.05) is 11.6 Å². The molecular formula is C12H18Cl3NO3. The van der Waals surface area contributed by atoms with Gasteiger partial charge < -0.3 is 15.2 Å². The number of ether oxygens (including phenoxy) is 1. The number of hydrogen-bond donors (Lipinski definition) is 2. The number of hydrogen-bond acceptors (Lipinski definition) is 3. The fourth-order valence-electron chi connectivity index (χ4n) is 1.34. The second-order valence-electron chi connectivity index (χ2n) is 3.63. The van der Waals surface area contributed by atoms with Crippen molar-refractivity contribution in [2.24, 2.45) is 0 Å². The molecule has 2 N–H and O–H groups in total. The molecule has 1 aromatic carbocycles. The van der Waals surface area contributed by atoms with E-state index in [-0.39, 0.29) is 37.5 Å². The van der Waals surface area contributed by atoms with Crippen molar-refractivity contribution in [3.05, 3.63) is 29.3 Å². The maximum absolute atomic E-state index is 10.4. The van der Waals surface area contributed by atoms with Crippen LogP contribution in [-0.2, 0) is 4.79 Å². The lowest BCUT2D eigenvalue weighted by Gasteiger charge is -2.17. The molecule has 0 fully saturated rings. The largest absolute Gasteiger partial charge is 0.489 e. The second-order valence-corrected chi connectivity index (χ2v) is 4.07. The van der Waals surface area contributed by atoms with E-state index in [1.807, 2.05) is 19.1 Å². The van der Waals surface area contributed by atoms with Crippen LogP contribution >= 0.6 is 36.4 Å². The van der Waals surface area contributed by atoms with Gasteiger partial charge in [-0.25, -0.2) is 0 Å². The molecule has 0 radical (unpaired) electrons. The van der Waals surface area contributed by atoms with Crippen LogP contribution in [-0.4, -0.2) is 30.3 Å². The van der Waals surface area contributed by atoms with Crippen LogP contribution in [0.25, 0.3) is 0 Å². The van der Waals surface area contributed by atoms with Crippen molar-refractivity contribution in [2.45, 2.75) is 19.4 Å². The summed E-state index contributed by atoms with van der Waals surface area (Å²) in [6.45, 7) is 2.42. The van der Waals surface area contributed by atoms with Crippen molar-refractivity contribution in [3.8, 4) is 5.75 Å². The molecular weight excluding hydrogens is 312 g/mol. The summed E-state index contributed by atoms with van der Waals surface area (Å²) in [5, 5.41) is 11.9. The molecule has 0 aliphatic rings. The lowest BCUT2D eigenvalue weighted by Crippen LogP contribution is -2.34. The smallest absolute Gasteiger partial charge is 0.317 e. The quantitative estimate of drug-likeness (QED) is 0.807. The molecule has 0 aliphatic carbocycles. The van der Waals surface area contributed by atoms with Crippen molar-refractivity contribution in [2.75, 3.05) is 13.1 Å². The second kappa shape index (κ2) is 11.2. The van der Waals surface area contributed by atoms with Crippen LogP contribution in [0.5, 0.6) is 5.75 Å². The first-order chi connectivity index (χ1) is 8.11. The Morgan fingerprint density at radius 2 is 2.16 bits per heavy atom. The first-order valence-corrected chi connectivity index (χ1v) is 5.84. The van der Waals surface area contributed by atoms with E-state index in [1.54, 1.807) is 12.1 Å². The normalized spacial score (nSPS) is 10.8. The zero-order valence-electron chi connectivity index (χ0n) is 10.5. The van der Waals surface area contributed by atoms with Crippen molar-refractivity contribution in [3.63, 3.8) is 0 Å². The highest BCUT2D eigenvalue weighted by Gasteiger charge is 2.08. The highest BCUT2D eigenvalue weighted by molar-refractivity contribution is 6.30. The number of carboxylic acids is 1. The lowest BCUT2D eigenvalue weighted by atomic mass is 10.2. The third kappa shape index (κ3) is 8.94. The Kier molecular flexibility index (Phi) is 12.1. The maximum Gasteiger partial charge on any atom is 0.317 e. The molecule has 0 heterocycles. The molecule has 4 nitrogen and oxygen atoms in total. The monoisotopic (exact) mass is 329 g/mol. The SMILES string of the molecule is CCC(CNCC(=O)O)Oc1cccc(Cl)c1.Cl.Cl. The number of carboxylic acid groups (broad SMARTS) is 1. The number of benzene rings is 1. The first kappa shape index (κ1) is 20.6. The molecule has 7 heteroatoms. The van der Waals surface area contributed by atoms with Gasteiger partial charge in [0.25, 0.3) is 0 Å². The number of rotatable bonds is 7. The van der Waals surface area contributed by atoms with Crippen LogP contribution in [0.1, 0.15) is 13.3 Å². The Morgan fingerprint density at radius 3 is 2.68 bits per heavy atom. The van der Waals surface area contributed by atoms with Gasteiger partial charge in [-0.2, -0.15) is 0 Å². The summed E-state index contributed by atoms with van der Waals surface area (Å²) < 4.78 is 5.69. The standard InChI is InChI=1S/C12H16ClNO3.2ClH/c1-2-10(7-14-8-12(15)16)17-11-5-3-4-9(13)6-11;;/h3-6,10,14H,2,7-8H2,1H3,(H,15,16);2*1H. The summed E-state index contributed by atoms with van der Waals surface area (Å²) in [4.78, 5) is 10.4. The molecule has 0 amide bonds. The molecule has 0 saturated heterocycles. The van der Waals surface area contributed by atoms with Gasteiger partial charge in [-0.1, -0.05) is 24.6 Å². The highest BCUT2D eigenvalue weighted by Crippen LogP contribution is 2.18. The van der Waals surface area contributed by atoms with Crippen LogP contribution in [0.15, 0.2) is 24.3 Å². The van der Waals surface area contributed by atoms with Gasteiger partial charge in [0.15, 0.2) is 0 Å². The summed E-state index contributed by atoms with van der Waals surface area (Å²) in [6.07, 6.45) is 0.729. The van der Waals surface area contributed by atoms with E-state index in [0.29, 0.717) is 17.3 Å². The third-order valence-corrected chi connectivity index (χ3v) is 2.44.